The van der Waals surface area contributed by atoms with Crippen LogP contribution in [0.3, 0.4) is 0 Å². The molecule has 1 N–H and O–H groups in total. The van der Waals surface area contributed by atoms with Crippen molar-refractivity contribution in [2.75, 3.05) is 39.3 Å². The van der Waals surface area contributed by atoms with Crippen molar-refractivity contribution in [3.63, 3.8) is 0 Å². The number of nitrogens with zero attached hydrogens (tertiary/aromatic N) is 1. The van der Waals surface area contributed by atoms with E-state index < -0.39 is 0 Å². The molecule has 0 aliphatic carbocycles. The normalized spacial score (nSPS) is 11.8. The Kier molecular flexibility index (Phi) is 6.87. The average molecular weight is 280 g/mol. The van der Waals surface area contributed by atoms with E-state index in [4.69, 9.17) is 9.47 Å². The number of carbonyl (C=O) groups excluding carboxylic acids is 1. The van der Waals surface area contributed by atoms with Crippen LogP contribution in [0.15, 0.2) is 24.3 Å². The topological polar surface area (TPSA) is 50.8 Å². The summed E-state index contributed by atoms with van der Waals surface area (Å²) in [6.45, 7) is 3.46. The second kappa shape index (κ2) is 8.43. The molecule has 0 aromatic heterocycles. The van der Waals surface area contributed by atoms with E-state index in [1.54, 1.807) is 7.11 Å². The van der Waals surface area contributed by atoms with Gasteiger partial charge in [-0.3, -0.25) is 4.79 Å². The molecule has 1 rings (SSSR count). The molecule has 0 fully saturated rings. The van der Waals surface area contributed by atoms with E-state index in [2.05, 4.69) is 10.2 Å². The Morgan fingerprint density at radius 3 is 2.75 bits per heavy atom. The lowest BCUT2D eigenvalue weighted by Gasteiger charge is -2.23. The van der Waals surface area contributed by atoms with Crippen molar-refractivity contribution in [3.8, 4) is 5.75 Å². The molecule has 112 valence electrons. The van der Waals surface area contributed by atoms with Crippen molar-refractivity contribution in [2.24, 2.45) is 0 Å². The number of anilines is 1. The second-order valence-electron chi connectivity index (χ2n) is 4.55. The van der Waals surface area contributed by atoms with E-state index >= 15 is 0 Å². The van der Waals surface area contributed by atoms with E-state index in [1.165, 1.54) is 7.11 Å². The number of esters is 1. The molecule has 0 saturated carbocycles. The highest BCUT2D eigenvalue weighted by atomic mass is 16.5. The van der Waals surface area contributed by atoms with Gasteiger partial charge in [-0.1, -0.05) is 13.0 Å². The molecule has 0 radical (unpaired) electrons. The number of hydrogen-bond acceptors (Lipinski definition) is 5. The van der Waals surface area contributed by atoms with Gasteiger partial charge in [0.2, 0.25) is 0 Å². The minimum absolute atomic E-state index is 0.217. The lowest BCUT2D eigenvalue weighted by Crippen LogP contribution is -2.40. The van der Waals surface area contributed by atoms with Gasteiger partial charge in [-0.25, -0.2) is 0 Å². The minimum Gasteiger partial charge on any atom is -0.497 e. The van der Waals surface area contributed by atoms with E-state index in [0.717, 1.165) is 24.5 Å². The number of rotatable bonds is 8. The predicted octanol–water partition coefficient (Wildman–Crippen LogP) is 1.67. The molecule has 0 amide bonds. The Labute approximate surface area is 120 Å². The summed E-state index contributed by atoms with van der Waals surface area (Å²) in [5.74, 6) is 0.608. The maximum atomic E-state index is 11.6. The predicted molar refractivity (Wildman–Crippen MR) is 80.4 cm³/mol. The van der Waals surface area contributed by atoms with Crippen molar-refractivity contribution in [2.45, 2.75) is 19.4 Å². The highest BCUT2D eigenvalue weighted by molar-refractivity contribution is 5.75. The van der Waals surface area contributed by atoms with Crippen molar-refractivity contribution in [1.29, 1.82) is 0 Å². The van der Waals surface area contributed by atoms with Crippen LogP contribution in [0.4, 0.5) is 5.69 Å². The molecule has 1 atom stereocenters. The Balaban J connectivity index is 2.59. The average Bonchev–Trinajstić information content (AvgIpc) is 2.50. The Bertz CT molecular complexity index is 423. The number of carbonyl (C=O) groups is 1. The number of benzene rings is 1. The first kappa shape index (κ1) is 16.3. The third-order valence-electron chi connectivity index (χ3n) is 3.18. The summed E-state index contributed by atoms with van der Waals surface area (Å²) < 4.78 is 10.0. The van der Waals surface area contributed by atoms with Crippen LogP contribution in [-0.2, 0) is 9.53 Å². The summed E-state index contributed by atoms with van der Waals surface area (Å²) in [4.78, 5) is 13.7. The van der Waals surface area contributed by atoms with Crippen LogP contribution in [0.2, 0.25) is 0 Å². The van der Waals surface area contributed by atoms with Crippen LogP contribution in [0.25, 0.3) is 0 Å². The van der Waals surface area contributed by atoms with Crippen molar-refractivity contribution in [1.82, 2.24) is 5.32 Å². The molecule has 0 bridgehead atoms. The van der Waals surface area contributed by atoms with Crippen molar-refractivity contribution >= 4 is 11.7 Å². The van der Waals surface area contributed by atoms with Gasteiger partial charge in [0, 0.05) is 25.3 Å². The monoisotopic (exact) mass is 280 g/mol. The fourth-order valence-electron chi connectivity index (χ4n) is 1.99. The van der Waals surface area contributed by atoms with E-state index in [1.807, 2.05) is 38.2 Å². The molecule has 0 aliphatic heterocycles. The first-order valence-corrected chi connectivity index (χ1v) is 6.78. The van der Waals surface area contributed by atoms with Crippen molar-refractivity contribution < 1.29 is 14.3 Å². The van der Waals surface area contributed by atoms with Gasteiger partial charge in [0.05, 0.1) is 14.2 Å². The summed E-state index contributed by atoms with van der Waals surface area (Å²) in [7, 11) is 5.06. The van der Waals surface area contributed by atoms with Gasteiger partial charge in [0.25, 0.3) is 0 Å². The lowest BCUT2D eigenvalue weighted by atomic mass is 10.2. The SMILES string of the molecule is CCNC(CCN(C)c1cccc(OC)c1)C(=O)OC. The number of ether oxygens (including phenoxy) is 2. The van der Waals surface area contributed by atoms with E-state index in [9.17, 15) is 4.79 Å². The van der Waals surface area contributed by atoms with Gasteiger partial charge in [0.1, 0.15) is 11.8 Å². The maximum absolute atomic E-state index is 11.6. The smallest absolute Gasteiger partial charge is 0.322 e. The maximum Gasteiger partial charge on any atom is 0.322 e. The van der Waals surface area contributed by atoms with Crippen LogP contribution < -0.4 is 15.0 Å². The van der Waals surface area contributed by atoms with E-state index in [0.29, 0.717) is 6.42 Å². The highest BCUT2D eigenvalue weighted by Crippen LogP contribution is 2.20. The Hall–Kier alpha value is -1.75. The third kappa shape index (κ3) is 4.74. The highest BCUT2D eigenvalue weighted by Gasteiger charge is 2.18. The molecule has 1 aromatic carbocycles. The first-order valence-electron chi connectivity index (χ1n) is 6.78. The third-order valence-corrected chi connectivity index (χ3v) is 3.18. The lowest BCUT2D eigenvalue weighted by molar-refractivity contribution is -0.143. The molecule has 20 heavy (non-hydrogen) atoms. The zero-order chi connectivity index (χ0) is 15.0. The van der Waals surface area contributed by atoms with Gasteiger partial charge in [-0.05, 0) is 25.1 Å². The zero-order valence-electron chi connectivity index (χ0n) is 12.7. The fourth-order valence-corrected chi connectivity index (χ4v) is 1.99. The van der Waals surface area contributed by atoms with Crippen LogP contribution in [0.1, 0.15) is 13.3 Å². The molecule has 1 unspecified atom stereocenters. The summed E-state index contributed by atoms with van der Waals surface area (Å²) in [5, 5.41) is 3.14. The number of nitrogens with one attached hydrogen (secondary N) is 1. The summed E-state index contributed by atoms with van der Waals surface area (Å²) >= 11 is 0. The first-order chi connectivity index (χ1) is 9.62. The molecule has 0 aliphatic rings. The zero-order valence-corrected chi connectivity index (χ0v) is 12.7. The fraction of sp³-hybridized carbons (Fsp3) is 0.533. The summed E-state index contributed by atoms with van der Waals surface area (Å²) in [6, 6.07) is 7.58. The molecule has 0 spiro atoms. The summed E-state index contributed by atoms with van der Waals surface area (Å²) in [6.07, 6.45) is 0.689. The van der Waals surface area contributed by atoms with Crippen LogP contribution >= 0.6 is 0 Å². The number of methoxy groups -OCH3 is 2. The van der Waals surface area contributed by atoms with Gasteiger partial charge in [-0.15, -0.1) is 0 Å². The van der Waals surface area contributed by atoms with Gasteiger partial charge >= 0.3 is 5.97 Å². The quantitative estimate of drug-likeness (QED) is 0.734. The Morgan fingerprint density at radius 1 is 1.40 bits per heavy atom. The van der Waals surface area contributed by atoms with E-state index in [-0.39, 0.29) is 12.0 Å². The number of hydrogen-bond donors (Lipinski definition) is 1. The van der Waals surface area contributed by atoms with Gasteiger partial charge in [-0.2, -0.15) is 0 Å². The van der Waals surface area contributed by atoms with Crippen molar-refractivity contribution in [3.05, 3.63) is 24.3 Å². The molecule has 5 nitrogen and oxygen atoms in total. The van der Waals surface area contributed by atoms with Crippen LogP contribution in [0, 0.1) is 0 Å². The standard InChI is InChI=1S/C15H24N2O3/c1-5-16-14(15(18)20-4)9-10-17(2)12-7-6-8-13(11-12)19-3/h6-8,11,14,16H,5,9-10H2,1-4H3. The van der Waals surface area contributed by atoms with Crippen LogP contribution in [0.5, 0.6) is 5.75 Å². The minimum atomic E-state index is -0.266. The summed E-state index contributed by atoms with van der Waals surface area (Å²) in [5.41, 5.74) is 1.06. The molecule has 5 heteroatoms. The number of likely N-dealkylation sites (N-methyl/N-ethyl adjacent to an activating group) is 1. The molecular formula is C15H24N2O3. The Morgan fingerprint density at radius 2 is 2.15 bits per heavy atom. The largest absolute Gasteiger partial charge is 0.497 e. The second-order valence-corrected chi connectivity index (χ2v) is 4.55. The van der Waals surface area contributed by atoms with Gasteiger partial charge in [0.15, 0.2) is 0 Å². The van der Waals surface area contributed by atoms with Gasteiger partial charge < -0.3 is 19.7 Å². The molecule has 0 heterocycles. The van der Waals surface area contributed by atoms with Crippen LogP contribution in [-0.4, -0.2) is 46.4 Å². The molecular weight excluding hydrogens is 256 g/mol. The molecule has 0 saturated heterocycles. The molecule has 1 aromatic rings.